The van der Waals surface area contributed by atoms with Gasteiger partial charge in [-0.15, -0.1) is 0 Å². The molecule has 7 heteroatoms. The van der Waals surface area contributed by atoms with Gasteiger partial charge in [0.25, 0.3) is 5.91 Å². The van der Waals surface area contributed by atoms with Crippen LogP contribution < -0.4 is 4.74 Å². The van der Waals surface area contributed by atoms with Crippen LogP contribution in [-0.4, -0.2) is 33.6 Å². The van der Waals surface area contributed by atoms with Gasteiger partial charge in [-0.2, -0.15) is 4.98 Å². The second kappa shape index (κ2) is 8.89. The van der Waals surface area contributed by atoms with E-state index in [1.165, 1.54) is 0 Å². The van der Waals surface area contributed by atoms with Crippen molar-refractivity contribution in [1.82, 2.24) is 15.0 Å². The lowest BCUT2D eigenvalue weighted by atomic mass is 10.1. The van der Waals surface area contributed by atoms with Gasteiger partial charge in [0.2, 0.25) is 11.7 Å². The molecular weight excluding hydrogens is 378 g/mol. The molecule has 0 atom stereocenters. The minimum Gasteiger partial charge on any atom is -0.484 e. The van der Waals surface area contributed by atoms with E-state index >= 15 is 0 Å². The molecule has 146 valence electrons. The maximum Gasteiger partial charge on any atom is 0.261 e. The summed E-state index contributed by atoms with van der Waals surface area (Å²) in [7, 11) is 0. The highest BCUT2D eigenvalue weighted by molar-refractivity contribution is 6.30. The van der Waals surface area contributed by atoms with Crippen LogP contribution in [0.25, 0.3) is 11.4 Å². The maximum atomic E-state index is 12.6. The van der Waals surface area contributed by atoms with Crippen LogP contribution in [0.2, 0.25) is 5.02 Å². The van der Waals surface area contributed by atoms with Gasteiger partial charge in [-0.05, 0) is 51.1 Å². The van der Waals surface area contributed by atoms with Gasteiger partial charge in [-0.1, -0.05) is 40.5 Å². The molecule has 0 unspecified atom stereocenters. The van der Waals surface area contributed by atoms with E-state index < -0.39 is 0 Å². The summed E-state index contributed by atoms with van der Waals surface area (Å²) in [6, 6.07) is 14.7. The van der Waals surface area contributed by atoms with Crippen molar-refractivity contribution >= 4 is 17.5 Å². The second-order valence-corrected chi connectivity index (χ2v) is 7.18. The number of rotatable bonds is 7. The van der Waals surface area contributed by atoms with Gasteiger partial charge in [0.1, 0.15) is 12.3 Å². The van der Waals surface area contributed by atoms with Crippen molar-refractivity contribution in [2.24, 2.45) is 0 Å². The van der Waals surface area contributed by atoms with Gasteiger partial charge < -0.3 is 14.2 Å². The zero-order valence-electron chi connectivity index (χ0n) is 16.1. The Kier molecular flexibility index (Phi) is 6.31. The van der Waals surface area contributed by atoms with Gasteiger partial charge in [-0.25, -0.2) is 0 Å². The molecule has 1 aromatic heterocycles. The van der Waals surface area contributed by atoms with Crippen LogP contribution in [-0.2, 0) is 11.3 Å². The second-order valence-electron chi connectivity index (χ2n) is 6.74. The topological polar surface area (TPSA) is 68.5 Å². The first-order valence-electron chi connectivity index (χ1n) is 9.00. The summed E-state index contributed by atoms with van der Waals surface area (Å²) in [5, 5.41) is 4.65. The van der Waals surface area contributed by atoms with Crippen LogP contribution in [0.4, 0.5) is 0 Å². The fourth-order valence-corrected chi connectivity index (χ4v) is 2.81. The average Bonchev–Trinajstić information content (AvgIpc) is 3.14. The summed E-state index contributed by atoms with van der Waals surface area (Å²) in [5.41, 5.74) is 1.99. The van der Waals surface area contributed by atoms with E-state index in [0.29, 0.717) is 22.5 Å². The Bertz CT molecular complexity index is 938. The average molecular weight is 400 g/mol. The fourth-order valence-electron chi connectivity index (χ4n) is 2.68. The lowest BCUT2D eigenvalue weighted by molar-refractivity contribution is -0.136. The third-order valence-corrected chi connectivity index (χ3v) is 4.42. The number of benzene rings is 2. The number of hydrogen-bond donors (Lipinski definition) is 0. The molecular formula is C21H22ClN3O3. The number of nitrogens with zero attached hydrogens (tertiary/aromatic N) is 3. The van der Waals surface area contributed by atoms with Crippen molar-refractivity contribution in [2.45, 2.75) is 33.4 Å². The summed E-state index contributed by atoms with van der Waals surface area (Å²) in [6.07, 6.45) is 0. The number of hydrogen-bond acceptors (Lipinski definition) is 5. The summed E-state index contributed by atoms with van der Waals surface area (Å²) in [6.45, 7) is 6.00. The molecule has 0 aliphatic heterocycles. The molecule has 0 bridgehead atoms. The van der Waals surface area contributed by atoms with Crippen molar-refractivity contribution in [1.29, 1.82) is 0 Å². The number of aromatic nitrogens is 2. The Hall–Kier alpha value is -2.86. The number of carbonyl (C=O) groups is 1. The van der Waals surface area contributed by atoms with Crippen molar-refractivity contribution in [3.63, 3.8) is 0 Å². The van der Waals surface area contributed by atoms with Crippen LogP contribution in [0.3, 0.4) is 0 Å². The van der Waals surface area contributed by atoms with E-state index in [1.807, 2.05) is 45.0 Å². The summed E-state index contributed by atoms with van der Waals surface area (Å²) in [5.74, 6) is 1.30. The number of ether oxygens (including phenoxy) is 1. The predicted octanol–water partition coefficient (Wildman–Crippen LogP) is 4.51. The lowest BCUT2D eigenvalue weighted by Crippen LogP contribution is -2.39. The molecule has 3 aromatic rings. The molecule has 1 amide bonds. The van der Waals surface area contributed by atoms with Gasteiger partial charge in [-0.3, -0.25) is 4.79 Å². The first kappa shape index (κ1) is 19.9. The fraction of sp³-hybridized carbons (Fsp3) is 0.286. The molecule has 0 saturated carbocycles. The highest BCUT2D eigenvalue weighted by atomic mass is 35.5. The van der Waals surface area contributed by atoms with Crippen LogP contribution in [0.15, 0.2) is 53.1 Å². The van der Waals surface area contributed by atoms with Crippen molar-refractivity contribution in [3.05, 3.63) is 65.0 Å². The Morgan fingerprint density at radius 2 is 1.96 bits per heavy atom. The maximum absolute atomic E-state index is 12.6. The number of amides is 1. The van der Waals surface area contributed by atoms with Crippen molar-refractivity contribution in [3.8, 4) is 17.1 Å². The highest BCUT2D eigenvalue weighted by Gasteiger charge is 2.21. The first-order chi connectivity index (χ1) is 13.4. The van der Waals surface area contributed by atoms with Gasteiger partial charge in [0.15, 0.2) is 6.61 Å². The molecule has 0 aliphatic carbocycles. The highest BCUT2D eigenvalue weighted by Crippen LogP contribution is 2.19. The minimum atomic E-state index is -0.166. The summed E-state index contributed by atoms with van der Waals surface area (Å²) in [4.78, 5) is 18.7. The Morgan fingerprint density at radius 1 is 1.21 bits per heavy atom. The number of aryl methyl sites for hydroxylation is 1. The first-order valence-corrected chi connectivity index (χ1v) is 9.37. The van der Waals surface area contributed by atoms with Crippen molar-refractivity contribution in [2.75, 3.05) is 6.61 Å². The number of halogens is 1. The van der Waals surface area contributed by atoms with Gasteiger partial charge >= 0.3 is 0 Å². The van der Waals surface area contributed by atoms with E-state index in [0.717, 1.165) is 11.1 Å². The zero-order chi connectivity index (χ0) is 20.1. The van der Waals surface area contributed by atoms with E-state index in [4.69, 9.17) is 20.9 Å². The normalized spacial score (nSPS) is 10.9. The van der Waals surface area contributed by atoms with Gasteiger partial charge in [0, 0.05) is 16.6 Å². The Morgan fingerprint density at radius 3 is 2.64 bits per heavy atom. The van der Waals surface area contributed by atoms with Crippen LogP contribution in [0.5, 0.6) is 5.75 Å². The number of carbonyl (C=O) groups excluding carboxylic acids is 1. The monoisotopic (exact) mass is 399 g/mol. The molecule has 28 heavy (non-hydrogen) atoms. The van der Waals surface area contributed by atoms with Crippen LogP contribution in [0, 0.1) is 6.92 Å². The molecule has 1 heterocycles. The Balaban J connectivity index is 1.65. The third kappa shape index (κ3) is 5.10. The molecule has 0 spiro atoms. The minimum absolute atomic E-state index is 0.0457. The quantitative estimate of drug-likeness (QED) is 0.584. The molecule has 0 fully saturated rings. The van der Waals surface area contributed by atoms with Crippen molar-refractivity contribution < 1.29 is 14.1 Å². The predicted molar refractivity (Wildman–Crippen MR) is 107 cm³/mol. The standard InChI is InChI=1S/C21H22ClN3O3/c1-14(2)25(20(26)13-27-18-9-7-17(22)8-10-18)12-19-23-21(24-28-19)16-6-4-5-15(3)11-16/h4-11,14H,12-13H2,1-3H3. The molecule has 0 radical (unpaired) electrons. The van der Waals surface area contributed by atoms with E-state index in [2.05, 4.69) is 10.1 Å². The third-order valence-electron chi connectivity index (χ3n) is 4.17. The SMILES string of the molecule is Cc1cccc(-c2noc(CN(C(=O)COc3ccc(Cl)cc3)C(C)C)n2)c1. The lowest BCUT2D eigenvalue weighted by Gasteiger charge is -2.25. The molecule has 6 nitrogen and oxygen atoms in total. The smallest absolute Gasteiger partial charge is 0.261 e. The largest absolute Gasteiger partial charge is 0.484 e. The van der Waals surface area contributed by atoms with E-state index in [1.54, 1.807) is 29.2 Å². The molecule has 0 aliphatic rings. The van der Waals surface area contributed by atoms with E-state index in [9.17, 15) is 4.79 Å². The zero-order valence-corrected chi connectivity index (χ0v) is 16.8. The molecule has 3 rings (SSSR count). The molecule has 2 aromatic carbocycles. The summed E-state index contributed by atoms with van der Waals surface area (Å²) < 4.78 is 10.9. The summed E-state index contributed by atoms with van der Waals surface area (Å²) >= 11 is 5.86. The van der Waals surface area contributed by atoms with Crippen LogP contribution in [0.1, 0.15) is 25.3 Å². The molecule has 0 N–H and O–H groups in total. The Labute approximate surface area is 169 Å². The van der Waals surface area contributed by atoms with E-state index in [-0.39, 0.29) is 25.1 Å². The molecule has 0 saturated heterocycles. The van der Waals surface area contributed by atoms with Crippen LogP contribution >= 0.6 is 11.6 Å². The van der Waals surface area contributed by atoms with Gasteiger partial charge in [0.05, 0.1) is 0 Å².